The maximum absolute atomic E-state index is 10.3. The third kappa shape index (κ3) is 1.84. The Balaban J connectivity index is 2.93. The van der Waals surface area contributed by atoms with E-state index in [1.54, 1.807) is 6.07 Å². The Morgan fingerprint density at radius 2 is 2.25 bits per heavy atom. The summed E-state index contributed by atoms with van der Waals surface area (Å²) < 4.78 is 0. The number of hydrogen-bond acceptors (Lipinski definition) is 2. The van der Waals surface area contributed by atoms with Gasteiger partial charge in [-0.25, -0.2) is 0 Å². The highest BCUT2D eigenvalue weighted by Gasteiger charge is 1.98. The molecule has 0 fully saturated rings. The molecule has 0 amide bonds. The summed E-state index contributed by atoms with van der Waals surface area (Å²) in [7, 11) is 1.99. The Labute approximate surface area is 72.8 Å². The van der Waals surface area contributed by atoms with Gasteiger partial charge < -0.3 is 4.90 Å². The minimum absolute atomic E-state index is 0.604. The molecule has 0 heterocycles. The third-order valence-electron chi connectivity index (χ3n) is 1.88. The second-order valence-electron chi connectivity index (χ2n) is 2.67. The number of benzene rings is 1. The molecule has 1 aromatic carbocycles. The highest BCUT2D eigenvalue weighted by Crippen LogP contribution is 2.12. The fraction of sp³-hybridized carbons (Fsp3) is 0.300. The predicted molar refractivity (Wildman–Crippen MR) is 50.2 cm³/mol. The van der Waals surface area contributed by atoms with Crippen molar-refractivity contribution in [3.8, 4) is 0 Å². The Morgan fingerprint density at radius 1 is 1.50 bits per heavy atom. The zero-order valence-electron chi connectivity index (χ0n) is 7.37. The first-order valence-corrected chi connectivity index (χ1v) is 3.97. The molecule has 0 saturated carbocycles. The minimum Gasteiger partial charge on any atom is -0.375 e. The highest BCUT2D eigenvalue weighted by atomic mass is 16.1. The summed E-state index contributed by atoms with van der Waals surface area (Å²) in [6, 6.07) is 7.42. The van der Waals surface area contributed by atoms with E-state index < -0.39 is 0 Å². The molecule has 12 heavy (non-hydrogen) atoms. The van der Waals surface area contributed by atoms with Gasteiger partial charge in [-0.05, 0) is 19.1 Å². The van der Waals surface area contributed by atoms with E-state index in [0.717, 1.165) is 12.2 Å². The van der Waals surface area contributed by atoms with Gasteiger partial charge in [-0.3, -0.25) is 4.79 Å². The van der Waals surface area contributed by atoms with Crippen molar-refractivity contribution in [2.75, 3.05) is 18.5 Å². The van der Waals surface area contributed by atoms with Gasteiger partial charge in [0.1, 0.15) is 0 Å². The quantitative estimate of drug-likeness (QED) is 0.672. The SMILES string of the molecule is CCN(C)c1cccc([C]=O)c1. The Hall–Kier alpha value is -1.31. The Bertz CT molecular complexity index is 270. The number of carbonyl (C=O) groups excluding carboxylic acids is 1. The minimum atomic E-state index is 0.604. The van der Waals surface area contributed by atoms with Crippen LogP contribution in [0.15, 0.2) is 24.3 Å². The number of anilines is 1. The zero-order chi connectivity index (χ0) is 8.97. The molecular formula is C10H12NO. The van der Waals surface area contributed by atoms with E-state index in [1.807, 2.05) is 31.5 Å². The van der Waals surface area contributed by atoms with Crippen LogP contribution in [-0.2, 0) is 4.79 Å². The summed E-state index contributed by atoms with van der Waals surface area (Å²) in [6.07, 6.45) is 1.87. The van der Waals surface area contributed by atoms with Gasteiger partial charge in [0.25, 0.3) is 0 Å². The average Bonchev–Trinajstić information content (AvgIpc) is 2.17. The van der Waals surface area contributed by atoms with Crippen LogP contribution in [0, 0.1) is 0 Å². The van der Waals surface area contributed by atoms with Gasteiger partial charge in [0, 0.05) is 24.8 Å². The van der Waals surface area contributed by atoms with E-state index in [9.17, 15) is 4.79 Å². The topological polar surface area (TPSA) is 20.3 Å². The van der Waals surface area contributed by atoms with Crippen molar-refractivity contribution in [1.82, 2.24) is 0 Å². The molecule has 1 rings (SSSR count). The van der Waals surface area contributed by atoms with Crippen LogP contribution in [0.3, 0.4) is 0 Å². The molecule has 0 aliphatic carbocycles. The van der Waals surface area contributed by atoms with E-state index in [4.69, 9.17) is 0 Å². The van der Waals surface area contributed by atoms with E-state index in [0.29, 0.717) is 5.56 Å². The number of nitrogens with zero attached hydrogens (tertiary/aromatic N) is 1. The van der Waals surface area contributed by atoms with E-state index in [1.165, 1.54) is 0 Å². The second-order valence-corrected chi connectivity index (χ2v) is 2.67. The molecule has 0 aromatic heterocycles. The van der Waals surface area contributed by atoms with Gasteiger partial charge in [-0.2, -0.15) is 0 Å². The van der Waals surface area contributed by atoms with Crippen molar-refractivity contribution in [1.29, 1.82) is 0 Å². The first-order valence-electron chi connectivity index (χ1n) is 3.97. The van der Waals surface area contributed by atoms with Crippen LogP contribution in [0.2, 0.25) is 0 Å². The van der Waals surface area contributed by atoms with Crippen LogP contribution in [-0.4, -0.2) is 19.9 Å². The van der Waals surface area contributed by atoms with Gasteiger partial charge in [0.05, 0.1) is 0 Å². The summed E-state index contributed by atoms with van der Waals surface area (Å²) in [5, 5.41) is 0. The molecule has 0 N–H and O–H groups in total. The van der Waals surface area contributed by atoms with Crippen LogP contribution in [0.1, 0.15) is 12.5 Å². The molecule has 63 valence electrons. The van der Waals surface area contributed by atoms with Gasteiger partial charge in [-0.1, -0.05) is 12.1 Å². The summed E-state index contributed by atoms with van der Waals surface area (Å²) in [4.78, 5) is 12.4. The summed E-state index contributed by atoms with van der Waals surface area (Å²) in [6.45, 7) is 3.00. The highest BCUT2D eigenvalue weighted by molar-refractivity contribution is 5.77. The van der Waals surface area contributed by atoms with Crippen LogP contribution < -0.4 is 4.90 Å². The monoisotopic (exact) mass is 162 g/mol. The largest absolute Gasteiger partial charge is 0.375 e. The molecule has 0 atom stereocenters. The van der Waals surface area contributed by atoms with E-state index in [-0.39, 0.29) is 0 Å². The molecule has 0 spiro atoms. The van der Waals surface area contributed by atoms with Crippen LogP contribution >= 0.6 is 0 Å². The molecule has 1 radical (unpaired) electrons. The number of hydrogen-bond donors (Lipinski definition) is 0. The average molecular weight is 162 g/mol. The summed E-state index contributed by atoms with van der Waals surface area (Å²) >= 11 is 0. The van der Waals surface area contributed by atoms with E-state index in [2.05, 4.69) is 11.8 Å². The summed E-state index contributed by atoms with van der Waals surface area (Å²) in [5.74, 6) is 0. The smallest absolute Gasteiger partial charge is 0.233 e. The standard InChI is InChI=1S/C10H12NO/c1-3-11(2)10-6-4-5-9(7-10)8-12/h4-7H,3H2,1-2H3. The fourth-order valence-corrected chi connectivity index (χ4v) is 0.989. The lowest BCUT2D eigenvalue weighted by molar-refractivity contribution is 0.563. The first-order chi connectivity index (χ1) is 5.77. The lowest BCUT2D eigenvalue weighted by Gasteiger charge is -2.16. The van der Waals surface area contributed by atoms with Crippen molar-refractivity contribution >= 4 is 12.0 Å². The van der Waals surface area contributed by atoms with Crippen LogP contribution in [0.25, 0.3) is 0 Å². The molecular weight excluding hydrogens is 150 g/mol. The third-order valence-corrected chi connectivity index (χ3v) is 1.88. The molecule has 1 aromatic rings. The van der Waals surface area contributed by atoms with E-state index >= 15 is 0 Å². The van der Waals surface area contributed by atoms with Crippen molar-refractivity contribution in [3.63, 3.8) is 0 Å². The molecule has 2 heteroatoms. The normalized spacial score (nSPS) is 9.50. The Morgan fingerprint density at radius 3 is 2.83 bits per heavy atom. The van der Waals surface area contributed by atoms with Gasteiger partial charge in [0.15, 0.2) is 0 Å². The van der Waals surface area contributed by atoms with Crippen molar-refractivity contribution < 1.29 is 4.79 Å². The summed E-state index contributed by atoms with van der Waals surface area (Å²) in [5.41, 5.74) is 1.66. The molecule has 0 aliphatic rings. The van der Waals surface area contributed by atoms with Crippen LogP contribution in [0.5, 0.6) is 0 Å². The molecule has 0 unspecified atom stereocenters. The zero-order valence-corrected chi connectivity index (χ0v) is 7.37. The second kappa shape index (κ2) is 3.90. The molecule has 0 bridgehead atoms. The van der Waals surface area contributed by atoms with Gasteiger partial charge in [0.2, 0.25) is 6.29 Å². The number of rotatable bonds is 3. The maximum Gasteiger partial charge on any atom is 0.233 e. The molecule has 0 saturated heterocycles. The fourth-order valence-electron chi connectivity index (χ4n) is 0.989. The Kier molecular flexibility index (Phi) is 2.86. The lowest BCUT2D eigenvalue weighted by atomic mass is 10.2. The van der Waals surface area contributed by atoms with Crippen molar-refractivity contribution in [2.45, 2.75) is 6.92 Å². The van der Waals surface area contributed by atoms with Crippen LogP contribution in [0.4, 0.5) is 5.69 Å². The molecule has 0 aliphatic heterocycles. The van der Waals surface area contributed by atoms with Gasteiger partial charge >= 0.3 is 0 Å². The van der Waals surface area contributed by atoms with Gasteiger partial charge in [-0.15, -0.1) is 0 Å². The lowest BCUT2D eigenvalue weighted by Crippen LogP contribution is -2.15. The van der Waals surface area contributed by atoms with Crippen molar-refractivity contribution in [2.24, 2.45) is 0 Å². The predicted octanol–water partition coefficient (Wildman–Crippen LogP) is 1.60. The van der Waals surface area contributed by atoms with Crippen molar-refractivity contribution in [3.05, 3.63) is 29.8 Å². The maximum atomic E-state index is 10.3. The first kappa shape index (κ1) is 8.78. The molecule has 2 nitrogen and oxygen atoms in total.